The van der Waals surface area contributed by atoms with Crippen LogP contribution in [0.5, 0.6) is 0 Å². The first-order chi connectivity index (χ1) is 10.6. The van der Waals surface area contributed by atoms with Crippen molar-refractivity contribution in [2.75, 3.05) is 5.32 Å². The first-order valence-corrected chi connectivity index (χ1v) is 8.45. The standard InChI is InChI=1S/C9H11NO2.C5H5.F6P.Fe/c1-7(9(11)12)10-8-5-3-2-4-6-8;1-2-4-5-3-1;1-7(2,3,4,5)6;/h2-7,10H,1H3,(H,11,12);1-5H;;/q;;-1;+2/t7-;;;/m0.../s1. The molecule has 1 fully saturated rings. The first-order valence-electron chi connectivity index (χ1n) is 6.42. The monoisotopic (exact) mass is 431 g/mol. The van der Waals surface area contributed by atoms with Gasteiger partial charge in [0.25, 0.3) is 0 Å². The Kier molecular flexibility index (Phi) is 10.1. The largest absolute Gasteiger partial charge is 2.00 e. The van der Waals surface area contributed by atoms with Crippen LogP contribution in [0.25, 0.3) is 0 Å². The predicted molar refractivity (Wildman–Crippen MR) is 82.2 cm³/mol. The number of carboxylic acid groups (broad SMARTS) is 1. The normalized spacial score (nSPS) is 17.1. The van der Waals surface area contributed by atoms with Crippen LogP contribution < -0.4 is 5.32 Å². The van der Waals surface area contributed by atoms with Gasteiger partial charge in [0, 0.05) is 5.69 Å². The Bertz CT molecular complexity index is 489. The molecule has 3 nitrogen and oxygen atoms in total. The van der Waals surface area contributed by atoms with Gasteiger partial charge in [-0.1, -0.05) is 18.2 Å². The average molecular weight is 431 g/mol. The molecule has 0 saturated heterocycles. The first kappa shape index (κ1) is 26.3. The topological polar surface area (TPSA) is 49.3 Å². The zero-order valence-electron chi connectivity index (χ0n) is 12.8. The fourth-order valence-corrected chi connectivity index (χ4v) is 1.17. The number of aliphatic carboxylic acids is 1. The second-order valence-electron chi connectivity index (χ2n) is 4.49. The molecular formula is C14H16F6FeNO2P+. The third-order valence-electron chi connectivity index (χ3n) is 2.08. The number of rotatable bonds is 3. The third-order valence-corrected chi connectivity index (χ3v) is 2.08. The predicted octanol–water partition coefficient (Wildman–Crippen LogP) is 5.97. The number of carboxylic acids is 1. The van der Waals surface area contributed by atoms with E-state index in [1.807, 2.05) is 62.4 Å². The van der Waals surface area contributed by atoms with E-state index in [4.69, 9.17) is 5.11 Å². The maximum absolute atomic E-state index is 10.7. The summed E-state index contributed by atoms with van der Waals surface area (Å²) in [6, 6.07) is 8.72. The Labute approximate surface area is 152 Å². The van der Waals surface area contributed by atoms with Crippen molar-refractivity contribution in [2.45, 2.75) is 13.0 Å². The van der Waals surface area contributed by atoms with Crippen LogP contribution in [-0.2, 0) is 21.9 Å². The van der Waals surface area contributed by atoms with Crippen molar-refractivity contribution in [1.82, 2.24) is 0 Å². The Morgan fingerprint density at radius 3 is 1.52 bits per heavy atom. The van der Waals surface area contributed by atoms with Crippen LogP contribution in [0.15, 0.2) is 30.3 Å². The molecule has 0 bridgehead atoms. The van der Waals surface area contributed by atoms with Crippen LogP contribution in [0.4, 0.5) is 30.9 Å². The number of nitrogens with one attached hydrogen (secondary N) is 1. The molecule has 1 aromatic rings. The SMILES string of the molecule is C[C@H](Nc1ccccc1)C(=O)O.F[P-](F)(F)(F)(F)F.[CH]1[CH][CH][CH][CH]1.[Fe+2]. The molecule has 2 N–H and O–H groups in total. The van der Waals surface area contributed by atoms with E-state index in [1.54, 1.807) is 6.92 Å². The summed E-state index contributed by atoms with van der Waals surface area (Å²) in [7, 11) is -10.7. The van der Waals surface area contributed by atoms with Gasteiger partial charge in [-0.05, 0) is 51.2 Å². The molecule has 0 spiro atoms. The van der Waals surface area contributed by atoms with Gasteiger partial charge in [0.05, 0.1) is 0 Å². The van der Waals surface area contributed by atoms with E-state index in [2.05, 4.69) is 5.32 Å². The van der Waals surface area contributed by atoms with Crippen LogP contribution in [-0.4, -0.2) is 17.1 Å². The maximum atomic E-state index is 10.4. The summed E-state index contributed by atoms with van der Waals surface area (Å²) in [5, 5.41) is 11.4. The van der Waals surface area contributed by atoms with E-state index in [-0.39, 0.29) is 17.1 Å². The summed E-state index contributed by atoms with van der Waals surface area (Å²) in [4.78, 5) is 10.4. The van der Waals surface area contributed by atoms with Crippen LogP contribution in [0.2, 0.25) is 0 Å². The molecule has 143 valence electrons. The van der Waals surface area contributed by atoms with Crippen LogP contribution in [0.3, 0.4) is 0 Å². The summed E-state index contributed by atoms with van der Waals surface area (Å²) in [5.41, 5.74) is 0.826. The van der Waals surface area contributed by atoms with Gasteiger partial charge in [0.1, 0.15) is 6.04 Å². The minimum Gasteiger partial charge on any atom is -0.0312 e. The van der Waals surface area contributed by atoms with Crippen LogP contribution in [0.1, 0.15) is 6.92 Å². The van der Waals surface area contributed by atoms with Crippen molar-refractivity contribution >= 4 is 19.5 Å². The Morgan fingerprint density at radius 1 is 0.920 bits per heavy atom. The fourth-order valence-electron chi connectivity index (χ4n) is 1.17. The van der Waals surface area contributed by atoms with Gasteiger partial charge >= 0.3 is 56.0 Å². The van der Waals surface area contributed by atoms with E-state index in [1.165, 1.54) is 0 Å². The molecule has 1 aliphatic rings. The van der Waals surface area contributed by atoms with Crippen molar-refractivity contribution in [2.24, 2.45) is 0 Å². The van der Waals surface area contributed by atoms with Crippen LogP contribution >= 0.6 is 7.81 Å². The van der Waals surface area contributed by atoms with Gasteiger partial charge in [-0.25, -0.2) is 0 Å². The van der Waals surface area contributed by atoms with Crippen LogP contribution in [0, 0.1) is 32.1 Å². The molecule has 1 saturated carbocycles. The van der Waals surface area contributed by atoms with Gasteiger partial charge in [-0.2, -0.15) is 0 Å². The van der Waals surface area contributed by atoms with E-state index in [0.29, 0.717) is 0 Å². The number of anilines is 1. The summed E-state index contributed by atoms with van der Waals surface area (Å²) in [5.74, 6) is -0.848. The van der Waals surface area contributed by atoms with Gasteiger partial charge in [0.2, 0.25) is 0 Å². The molecule has 1 aliphatic carbocycles. The summed E-state index contributed by atoms with van der Waals surface area (Å²) < 4.78 is 59.2. The van der Waals surface area contributed by atoms with Gasteiger partial charge in [0.15, 0.2) is 0 Å². The summed E-state index contributed by atoms with van der Waals surface area (Å²) in [6.45, 7) is 1.61. The fraction of sp³-hybridized carbons (Fsp3) is 0.143. The average Bonchev–Trinajstić information content (AvgIpc) is 2.95. The van der Waals surface area contributed by atoms with Crippen molar-refractivity contribution in [3.8, 4) is 0 Å². The third kappa shape index (κ3) is 25.4. The molecule has 0 aromatic heterocycles. The number of hydrogen-bond acceptors (Lipinski definition) is 2. The second kappa shape index (κ2) is 9.64. The number of carbonyl (C=O) groups is 1. The zero-order valence-corrected chi connectivity index (χ0v) is 14.8. The number of para-hydroxylation sites is 1. The molecule has 0 unspecified atom stereocenters. The molecule has 1 atom stereocenters. The molecule has 0 amide bonds. The molecule has 25 heavy (non-hydrogen) atoms. The molecule has 1 aromatic carbocycles. The minimum atomic E-state index is -10.7. The molecule has 0 aliphatic heterocycles. The molecular weight excluding hydrogens is 415 g/mol. The van der Waals surface area contributed by atoms with E-state index >= 15 is 0 Å². The molecule has 11 heteroatoms. The second-order valence-corrected chi connectivity index (χ2v) is 6.41. The minimum absolute atomic E-state index is 0. The van der Waals surface area contributed by atoms with E-state index < -0.39 is 19.8 Å². The van der Waals surface area contributed by atoms with Crippen molar-refractivity contribution in [1.29, 1.82) is 0 Å². The quantitative estimate of drug-likeness (QED) is 0.352. The Hall–Kier alpha value is -0.981. The van der Waals surface area contributed by atoms with Gasteiger partial charge < -0.3 is 10.4 Å². The zero-order chi connectivity index (χ0) is 18.9. The summed E-state index contributed by atoms with van der Waals surface area (Å²) >= 11 is 0. The number of hydrogen-bond donors (Lipinski definition) is 2. The number of halogens is 6. The maximum Gasteiger partial charge on any atom is 2.00 e. The molecule has 2 rings (SSSR count). The Morgan fingerprint density at radius 2 is 1.24 bits per heavy atom. The van der Waals surface area contributed by atoms with Crippen molar-refractivity contribution in [3.63, 3.8) is 0 Å². The molecule has 0 heterocycles. The smallest absolute Gasteiger partial charge is 0.0312 e. The van der Waals surface area contributed by atoms with Gasteiger partial charge in [-0.3, -0.25) is 4.79 Å². The van der Waals surface area contributed by atoms with E-state index in [9.17, 15) is 30.0 Å². The van der Waals surface area contributed by atoms with Crippen molar-refractivity contribution in [3.05, 3.63) is 62.4 Å². The number of benzene rings is 1. The van der Waals surface area contributed by atoms with E-state index in [0.717, 1.165) is 5.69 Å². The summed E-state index contributed by atoms with van der Waals surface area (Å²) in [6.07, 6.45) is 10.0. The van der Waals surface area contributed by atoms with Gasteiger partial charge in [-0.15, -0.1) is 0 Å². The van der Waals surface area contributed by atoms with Crippen molar-refractivity contribution < 1.29 is 52.2 Å². The Balaban J connectivity index is 0. The molecule has 5 radical (unpaired) electrons.